The monoisotopic (exact) mass is 280 g/mol. The Morgan fingerprint density at radius 2 is 2.00 bits per heavy atom. The second-order valence-electron chi connectivity index (χ2n) is 3.79. The van der Waals surface area contributed by atoms with Crippen molar-refractivity contribution >= 4 is 34.8 Å². The number of rotatable bonds is 2. The molecule has 1 amide bonds. The Kier molecular flexibility index (Phi) is 3.84. The summed E-state index contributed by atoms with van der Waals surface area (Å²) in [4.78, 5) is 15.8. The summed E-state index contributed by atoms with van der Waals surface area (Å²) in [5.41, 5.74) is 2.05. The zero-order chi connectivity index (χ0) is 13.1. The summed E-state index contributed by atoms with van der Waals surface area (Å²) in [6, 6.07) is 8.49. The second-order valence-corrected chi connectivity index (χ2v) is 4.58. The quantitative estimate of drug-likeness (QED) is 0.847. The third kappa shape index (κ3) is 3.00. The Balaban J connectivity index is 2.16. The van der Waals surface area contributed by atoms with E-state index in [0.29, 0.717) is 21.4 Å². The molecule has 0 saturated heterocycles. The first-order chi connectivity index (χ1) is 8.56. The number of nitrogens with one attached hydrogen (secondary N) is 1. The lowest BCUT2D eigenvalue weighted by molar-refractivity contribution is 0.102. The molecular formula is C13H10Cl2N2O. The van der Waals surface area contributed by atoms with E-state index in [1.165, 1.54) is 6.20 Å². The highest BCUT2D eigenvalue weighted by Gasteiger charge is 2.07. The van der Waals surface area contributed by atoms with Gasteiger partial charge in [0, 0.05) is 16.9 Å². The van der Waals surface area contributed by atoms with Gasteiger partial charge in [-0.05, 0) is 42.8 Å². The van der Waals surface area contributed by atoms with Gasteiger partial charge >= 0.3 is 0 Å². The normalized spacial score (nSPS) is 10.2. The Hall–Kier alpha value is -1.58. The number of hydrogen-bond donors (Lipinski definition) is 1. The first-order valence-corrected chi connectivity index (χ1v) is 6.01. The van der Waals surface area contributed by atoms with Crippen molar-refractivity contribution in [1.82, 2.24) is 4.98 Å². The van der Waals surface area contributed by atoms with E-state index in [2.05, 4.69) is 10.3 Å². The maximum absolute atomic E-state index is 11.9. The minimum Gasteiger partial charge on any atom is -0.322 e. The molecule has 0 aliphatic rings. The molecular weight excluding hydrogens is 271 g/mol. The van der Waals surface area contributed by atoms with Gasteiger partial charge in [-0.15, -0.1) is 0 Å². The molecule has 2 aromatic rings. The minimum atomic E-state index is -0.235. The van der Waals surface area contributed by atoms with Gasteiger partial charge in [0.2, 0.25) is 0 Å². The average Bonchev–Trinajstić information content (AvgIpc) is 2.34. The topological polar surface area (TPSA) is 42.0 Å². The SMILES string of the molecule is Cc1cc(NC(=O)c2ccc(Cl)nc2)ccc1Cl. The molecule has 0 atom stereocenters. The number of carbonyl (C=O) groups excluding carboxylic acids is 1. The number of nitrogens with zero attached hydrogens (tertiary/aromatic N) is 1. The fraction of sp³-hybridized carbons (Fsp3) is 0.0769. The predicted octanol–water partition coefficient (Wildman–Crippen LogP) is 3.95. The van der Waals surface area contributed by atoms with Crippen molar-refractivity contribution in [3.63, 3.8) is 0 Å². The van der Waals surface area contributed by atoms with Gasteiger partial charge < -0.3 is 5.32 Å². The van der Waals surface area contributed by atoms with Crippen LogP contribution in [0.3, 0.4) is 0 Å². The van der Waals surface area contributed by atoms with Crippen molar-refractivity contribution in [2.75, 3.05) is 5.32 Å². The van der Waals surface area contributed by atoms with Gasteiger partial charge in [-0.2, -0.15) is 0 Å². The molecule has 1 aromatic heterocycles. The van der Waals surface area contributed by atoms with E-state index in [1.54, 1.807) is 24.3 Å². The van der Waals surface area contributed by atoms with Crippen molar-refractivity contribution < 1.29 is 4.79 Å². The third-order valence-electron chi connectivity index (χ3n) is 2.41. The number of amides is 1. The van der Waals surface area contributed by atoms with Crippen LogP contribution in [0, 0.1) is 6.92 Å². The van der Waals surface area contributed by atoms with Gasteiger partial charge in [0.1, 0.15) is 5.15 Å². The van der Waals surface area contributed by atoms with E-state index in [4.69, 9.17) is 23.2 Å². The molecule has 0 unspecified atom stereocenters. The molecule has 3 nitrogen and oxygen atoms in total. The number of anilines is 1. The summed E-state index contributed by atoms with van der Waals surface area (Å²) in [6.07, 6.45) is 1.43. The summed E-state index contributed by atoms with van der Waals surface area (Å²) >= 11 is 11.6. The van der Waals surface area contributed by atoms with Crippen LogP contribution >= 0.6 is 23.2 Å². The molecule has 1 aromatic carbocycles. The van der Waals surface area contributed by atoms with E-state index < -0.39 is 0 Å². The van der Waals surface area contributed by atoms with E-state index in [1.807, 2.05) is 13.0 Å². The molecule has 1 heterocycles. The largest absolute Gasteiger partial charge is 0.322 e. The first kappa shape index (κ1) is 12.9. The van der Waals surface area contributed by atoms with Gasteiger partial charge in [-0.1, -0.05) is 23.2 Å². The molecule has 0 spiro atoms. The highest BCUT2D eigenvalue weighted by molar-refractivity contribution is 6.31. The van der Waals surface area contributed by atoms with Crippen molar-refractivity contribution in [2.24, 2.45) is 0 Å². The zero-order valence-electron chi connectivity index (χ0n) is 9.58. The van der Waals surface area contributed by atoms with Gasteiger partial charge in [0.15, 0.2) is 0 Å². The Bertz CT molecular complexity index is 582. The van der Waals surface area contributed by atoms with Crippen molar-refractivity contribution in [1.29, 1.82) is 0 Å². The van der Waals surface area contributed by atoms with Gasteiger partial charge in [-0.3, -0.25) is 4.79 Å². The predicted molar refractivity (Wildman–Crippen MR) is 73.4 cm³/mol. The van der Waals surface area contributed by atoms with Crippen LogP contribution in [-0.4, -0.2) is 10.9 Å². The lowest BCUT2D eigenvalue weighted by Crippen LogP contribution is -2.12. The summed E-state index contributed by atoms with van der Waals surface area (Å²) in [5.74, 6) is -0.235. The van der Waals surface area contributed by atoms with Crippen molar-refractivity contribution in [3.05, 3.63) is 57.8 Å². The molecule has 1 N–H and O–H groups in total. The molecule has 5 heteroatoms. The molecule has 0 fully saturated rings. The number of benzene rings is 1. The van der Waals surface area contributed by atoms with E-state index in [9.17, 15) is 4.79 Å². The maximum Gasteiger partial charge on any atom is 0.257 e. The third-order valence-corrected chi connectivity index (χ3v) is 3.05. The van der Waals surface area contributed by atoms with Crippen LogP contribution in [0.2, 0.25) is 10.2 Å². The van der Waals surface area contributed by atoms with Crippen LogP contribution in [0.15, 0.2) is 36.5 Å². The molecule has 0 bridgehead atoms. The number of halogens is 2. The van der Waals surface area contributed by atoms with Gasteiger partial charge in [-0.25, -0.2) is 4.98 Å². The van der Waals surface area contributed by atoms with Crippen LogP contribution in [0.1, 0.15) is 15.9 Å². The van der Waals surface area contributed by atoms with E-state index in [0.717, 1.165) is 5.56 Å². The number of hydrogen-bond acceptors (Lipinski definition) is 2. The molecule has 0 saturated carbocycles. The zero-order valence-corrected chi connectivity index (χ0v) is 11.1. The molecule has 0 aliphatic carbocycles. The average molecular weight is 281 g/mol. The van der Waals surface area contributed by atoms with Gasteiger partial charge in [0.25, 0.3) is 5.91 Å². The summed E-state index contributed by atoms with van der Waals surface area (Å²) in [7, 11) is 0. The lowest BCUT2D eigenvalue weighted by atomic mass is 10.2. The lowest BCUT2D eigenvalue weighted by Gasteiger charge is -2.06. The smallest absolute Gasteiger partial charge is 0.257 e. The molecule has 0 radical (unpaired) electrons. The number of aromatic nitrogens is 1. The highest BCUT2D eigenvalue weighted by Crippen LogP contribution is 2.19. The van der Waals surface area contributed by atoms with Crippen LogP contribution < -0.4 is 5.32 Å². The standard InChI is InChI=1S/C13H10Cl2N2O/c1-8-6-10(3-4-11(8)14)17-13(18)9-2-5-12(15)16-7-9/h2-7H,1H3,(H,17,18). The van der Waals surface area contributed by atoms with Crippen LogP contribution in [0.5, 0.6) is 0 Å². The van der Waals surface area contributed by atoms with Crippen LogP contribution in [-0.2, 0) is 0 Å². The Morgan fingerprint density at radius 1 is 1.22 bits per heavy atom. The van der Waals surface area contributed by atoms with E-state index >= 15 is 0 Å². The Labute approximate surface area is 115 Å². The van der Waals surface area contributed by atoms with Gasteiger partial charge in [0.05, 0.1) is 5.56 Å². The highest BCUT2D eigenvalue weighted by atomic mass is 35.5. The maximum atomic E-state index is 11.9. The van der Waals surface area contributed by atoms with Crippen LogP contribution in [0.25, 0.3) is 0 Å². The van der Waals surface area contributed by atoms with Crippen molar-refractivity contribution in [2.45, 2.75) is 6.92 Å². The summed E-state index contributed by atoms with van der Waals surface area (Å²) < 4.78 is 0. The number of carbonyl (C=O) groups is 1. The summed E-state index contributed by atoms with van der Waals surface area (Å²) in [6.45, 7) is 1.88. The van der Waals surface area contributed by atoms with Crippen molar-refractivity contribution in [3.8, 4) is 0 Å². The van der Waals surface area contributed by atoms with Crippen LogP contribution in [0.4, 0.5) is 5.69 Å². The molecule has 0 aliphatic heterocycles. The number of aryl methyl sites for hydroxylation is 1. The summed E-state index contributed by atoms with van der Waals surface area (Å²) in [5, 5.41) is 3.79. The number of pyridine rings is 1. The minimum absolute atomic E-state index is 0.235. The fourth-order valence-electron chi connectivity index (χ4n) is 1.44. The van der Waals surface area contributed by atoms with E-state index in [-0.39, 0.29) is 5.91 Å². The molecule has 92 valence electrons. The fourth-order valence-corrected chi connectivity index (χ4v) is 1.67. The second kappa shape index (κ2) is 5.38. The Morgan fingerprint density at radius 3 is 2.61 bits per heavy atom. The first-order valence-electron chi connectivity index (χ1n) is 5.25. The molecule has 18 heavy (non-hydrogen) atoms. The molecule has 2 rings (SSSR count).